The number of aliphatic hydroxyl groups excluding tert-OH is 19. The van der Waals surface area contributed by atoms with Crippen LogP contribution in [0.15, 0.2) is 0 Å². The molecule has 0 aromatic heterocycles. The second-order valence-electron chi connectivity index (χ2n) is 23.3. The van der Waals surface area contributed by atoms with Crippen LogP contribution in [-0.2, 0) is 96.0 Å². The fourth-order valence-corrected chi connectivity index (χ4v) is 13.1. The van der Waals surface area contributed by atoms with E-state index in [-0.39, 0.29) is 25.7 Å². The van der Waals surface area contributed by atoms with E-state index < -0.39 is 306 Å². The zero-order chi connectivity index (χ0) is 68.1. The fraction of sp³-hybridized carbons (Fsp3) is 1.00. The molecule has 15 saturated heterocycles. The number of hydrogen-bond donors (Lipinski definition) is 21. The van der Waals surface area contributed by atoms with E-state index in [4.69, 9.17) is 75.8 Å². The zero-order valence-corrected chi connectivity index (χ0v) is 50.8. The molecular weight excluding hydrogens is 1320 g/mol. The molecular formula is C50H86O41S2. The summed E-state index contributed by atoms with van der Waals surface area (Å²) >= 11 is 0. The summed E-state index contributed by atoms with van der Waals surface area (Å²) in [6.07, 6.45) is -72.3. The fourth-order valence-electron chi connectivity index (χ4n) is 12.0. The van der Waals surface area contributed by atoms with Gasteiger partial charge in [-0.25, -0.2) is 0 Å². The Hall–Kier alpha value is -1.58. The maximum Gasteiger partial charge on any atom is 0.264 e. The lowest BCUT2D eigenvalue weighted by molar-refractivity contribution is -0.398. The van der Waals surface area contributed by atoms with Crippen LogP contribution in [0.3, 0.4) is 0 Å². The van der Waals surface area contributed by atoms with Crippen molar-refractivity contribution in [2.45, 2.75) is 241 Å². The van der Waals surface area contributed by atoms with E-state index in [1.807, 2.05) is 0 Å². The lowest BCUT2D eigenvalue weighted by Gasteiger charge is -2.50. The van der Waals surface area contributed by atoms with Crippen molar-refractivity contribution >= 4 is 20.2 Å². The Labute approximate surface area is 529 Å². The third kappa shape index (κ3) is 18.0. The van der Waals surface area contributed by atoms with Crippen LogP contribution in [0.5, 0.6) is 0 Å². The molecule has 0 aromatic carbocycles. The monoisotopic (exact) mass is 1410 g/mol. The highest BCUT2D eigenvalue weighted by molar-refractivity contribution is 7.86. The lowest BCUT2D eigenvalue weighted by atomic mass is 9.95. The number of fused-ring (bicyclic) bond motifs is 7. The number of ether oxygens (including phenoxy) is 16. The van der Waals surface area contributed by atoms with Crippen molar-refractivity contribution in [3.05, 3.63) is 0 Å². The predicted octanol–water partition coefficient (Wildman–Crippen LogP) is -13.8. The molecule has 0 saturated carbocycles. The summed E-state index contributed by atoms with van der Waals surface area (Å²) in [6.45, 7) is -8.67. The van der Waals surface area contributed by atoms with Crippen LogP contribution in [0.4, 0.5) is 0 Å². The molecule has 43 heteroatoms. The third-order valence-electron chi connectivity index (χ3n) is 16.9. The van der Waals surface area contributed by atoms with Crippen LogP contribution in [0, 0.1) is 0 Å². The highest BCUT2D eigenvalue weighted by Crippen LogP contribution is 2.40. The maximum absolute atomic E-state index is 12.0. The lowest BCUT2D eigenvalue weighted by Crippen LogP contribution is -2.68. The van der Waals surface area contributed by atoms with Gasteiger partial charge in [-0.15, -0.1) is 0 Å². The van der Waals surface area contributed by atoms with E-state index in [1.54, 1.807) is 0 Å². The molecule has 41 nitrogen and oxygen atoms in total. The minimum atomic E-state index is -4.48. The minimum Gasteiger partial charge on any atom is -0.394 e. The van der Waals surface area contributed by atoms with E-state index >= 15 is 0 Å². The molecule has 15 fully saturated rings. The Bertz CT molecular complexity index is 2450. The molecule has 35 atom stereocenters. The second kappa shape index (κ2) is 33.7. The van der Waals surface area contributed by atoms with E-state index in [0.29, 0.717) is 0 Å². The van der Waals surface area contributed by atoms with Crippen LogP contribution in [0.25, 0.3) is 0 Å². The van der Waals surface area contributed by atoms with Crippen LogP contribution in [-0.4, -0.2) is 409 Å². The highest BCUT2D eigenvalue weighted by atomic mass is 32.2. The quantitative estimate of drug-likeness (QED) is 0.0422. The molecule has 21 N–H and O–H groups in total. The SMILES string of the molecule is O=S(=O)(O)CCCCO[C@H]1[C@H]2O[C@H]3[C@H](O)[C@@H](O)[C@@H](O[C@H]4[C@H](O)[C@@H](O)[C@@H](O[C@H]5[C@H](O)[C@@H](OCCCCS(=O)(=O)O)[C@@H](O[C@H]6[C@H](O)[C@@H](O)[C@@H](O[C@H]7[C@H](O)[C@@H](O)[C@@H](O[C@H]8[C@H](O)[C@@H](O)[C@@H](O[C@@H]([C@@H]1O)[C@@H](CO)O2)O[C@@H]8CO)O[C@@H]7CO)O[C@@H]6CO)O[C@@H]5CO)O[C@@H]4CO)O[C@@H]3CO. The Kier molecular flexibility index (Phi) is 28.0. The average molecular weight is 1410 g/mol. The van der Waals surface area contributed by atoms with Gasteiger partial charge >= 0.3 is 0 Å². The standard InChI is InChI=1S/C50H86O41S2/c51-9-16-35-23(58)28(63)44(78-16)85-36-17(10-52)79-47(29(64)24(36)59)88-40-21(14-56)83-50(42(33(40)68)76-5-1-3-7-92(70,71)72)91-39-20(13-55)82-46(32(67)27(39)62)87-37-18(11-53)80-48(30(65)25(37)60)89-41-22(15-57)84-49(43(34(41)69)77-6-2-4-8-93(73,74)75)90-38-19(12-54)81-45(86-35)31(66)26(38)61/h16-69H,1-15H2,(H,70,71,72)(H,73,74,75)/t16-,17-,18-,19-,20-,21-,22-,23-,24-,25-,26-,27-,28-,29-,30-,31-,32-,33+,34+,35-,36-,37-,38-,39-,40-,41-,42-,43-,44-,45-,46-,47-,48-,49-,50-/m1/s1. The van der Waals surface area contributed by atoms with Crippen LogP contribution >= 0.6 is 0 Å². The summed E-state index contributed by atoms with van der Waals surface area (Å²) < 4.78 is 158. The number of aliphatic hydroxyl groups is 19. The largest absolute Gasteiger partial charge is 0.394 e. The summed E-state index contributed by atoms with van der Waals surface area (Å²) in [6, 6.07) is 0. The Balaban J connectivity index is 1.12. The van der Waals surface area contributed by atoms with Crippen LogP contribution < -0.4 is 0 Å². The minimum absolute atomic E-state index is 0.159. The van der Waals surface area contributed by atoms with Gasteiger partial charge in [-0.05, 0) is 25.7 Å². The van der Waals surface area contributed by atoms with Crippen molar-refractivity contribution in [1.82, 2.24) is 0 Å². The molecule has 0 aliphatic carbocycles. The maximum atomic E-state index is 12.0. The van der Waals surface area contributed by atoms with Crippen molar-refractivity contribution in [3.8, 4) is 0 Å². The molecule has 0 radical (unpaired) electrons. The van der Waals surface area contributed by atoms with Crippen molar-refractivity contribution < 1.29 is 199 Å². The summed E-state index contributed by atoms with van der Waals surface area (Å²) in [5, 5.41) is 214. The summed E-state index contributed by atoms with van der Waals surface area (Å²) in [5.74, 6) is -1.49. The van der Waals surface area contributed by atoms with Crippen LogP contribution in [0.1, 0.15) is 25.7 Å². The van der Waals surface area contributed by atoms with Crippen LogP contribution in [0.2, 0.25) is 0 Å². The average Bonchev–Trinajstić information content (AvgIpc) is 0.788. The number of hydrogen-bond acceptors (Lipinski definition) is 39. The summed E-state index contributed by atoms with van der Waals surface area (Å²) in [4.78, 5) is 0. The second-order valence-corrected chi connectivity index (χ2v) is 26.5. The number of unbranched alkanes of at least 4 members (excludes halogenated alkanes) is 2. The van der Waals surface area contributed by atoms with Gasteiger partial charge < -0.3 is 173 Å². The van der Waals surface area contributed by atoms with Crippen molar-refractivity contribution in [1.29, 1.82) is 0 Å². The normalized spacial score (nSPS) is 48.2. The molecule has 15 aliphatic rings. The zero-order valence-electron chi connectivity index (χ0n) is 49.2. The van der Waals surface area contributed by atoms with E-state index in [1.165, 1.54) is 0 Å². The molecule has 14 bridgehead atoms. The first-order valence-corrected chi connectivity index (χ1v) is 33.0. The van der Waals surface area contributed by atoms with E-state index in [9.17, 15) is 123 Å². The predicted molar refractivity (Wildman–Crippen MR) is 287 cm³/mol. The van der Waals surface area contributed by atoms with Crippen molar-refractivity contribution in [3.63, 3.8) is 0 Å². The van der Waals surface area contributed by atoms with Gasteiger partial charge in [-0.1, -0.05) is 0 Å². The van der Waals surface area contributed by atoms with Gasteiger partial charge in [0, 0.05) is 13.2 Å². The molecule has 0 amide bonds. The molecule has 93 heavy (non-hydrogen) atoms. The molecule has 15 rings (SSSR count). The molecule has 544 valence electrons. The Morgan fingerprint density at radius 2 is 0.430 bits per heavy atom. The van der Waals surface area contributed by atoms with Crippen molar-refractivity contribution in [2.75, 3.05) is 71.0 Å². The van der Waals surface area contributed by atoms with Gasteiger partial charge in [0.05, 0.1) is 57.8 Å². The first-order chi connectivity index (χ1) is 44.0. The van der Waals surface area contributed by atoms with Gasteiger partial charge in [0.1, 0.15) is 171 Å². The first kappa shape index (κ1) is 77.2. The van der Waals surface area contributed by atoms with Gasteiger partial charge in [-0.2, -0.15) is 16.8 Å². The smallest absolute Gasteiger partial charge is 0.264 e. The summed E-state index contributed by atoms with van der Waals surface area (Å²) in [7, 11) is -8.95. The molecule has 0 unspecified atom stereocenters. The number of rotatable bonds is 19. The van der Waals surface area contributed by atoms with Gasteiger partial charge in [-0.3, -0.25) is 9.11 Å². The third-order valence-corrected chi connectivity index (χ3v) is 18.6. The first-order valence-electron chi connectivity index (χ1n) is 29.8. The topological polar surface area (TPSA) is 641 Å². The molecule has 15 heterocycles. The molecule has 0 aromatic rings. The van der Waals surface area contributed by atoms with Gasteiger partial charge in [0.15, 0.2) is 44.0 Å². The highest BCUT2D eigenvalue weighted by Gasteiger charge is 2.60. The molecule has 15 aliphatic heterocycles. The van der Waals surface area contributed by atoms with Gasteiger partial charge in [0.2, 0.25) is 0 Å². The Morgan fingerprint density at radius 1 is 0.247 bits per heavy atom. The van der Waals surface area contributed by atoms with E-state index in [2.05, 4.69) is 0 Å². The summed E-state index contributed by atoms with van der Waals surface area (Å²) in [5.41, 5.74) is 0. The van der Waals surface area contributed by atoms with Gasteiger partial charge in [0.25, 0.3) is 20.2 Å². The van der Waals surface area contributed by atoms with Crippen molar-refractivity contribution in [2.24, 2.45) is 0 Å². The molecule has 0 spiro atoms. The Morgan fingerprint density at radius 3 is 0.624 bits per heavy atom. The van der Waals surface area contributed by atoms with E-state index in [0.717, 1.165) is 0 Å².